The maximum Gasteiger partial charge on any atom is 0.352 e. The van der Waals surface area contributed by atoms with Gasteiger partial charge in [-0.05, 0) is 37.5 Å². The number of carboxylic acids is 1. The van der Waals surface area contributed by atoms with E-state index in [1.54, 1.807) is 12.1 Å². The lowest BCUT2D eigenvalue weighted by atomic mass is 10.1. The molecular formula is C15H16N4O4. The number of aromatic amines is 1. The van der Waals surface area contributed by atoms with E-state index in [0.717, 1.165) is 19.3 Å². The Bertz CT molecular complexity index is 849. The largest absolute Gasteiger partial charge is 0.478 e. The summed E-state index contributed by atoms with van der Waals surface area (Å²) in [5.41, 5.74) is -0.918. The molecule has 0 atom stereocenters. The molecule has 120 valence electrons. The van der Waals surface area contributed by atoms with Crippen LogP contribution in [0.3, 0.4) is 0 Å². The van der Waals surface area contributed by atoms with Gasteiger partial charge in [0.15, 0.2) is 0 Å². The van der Waals surface area contributed by atoms with Crippen LogP contribution in [0.25, 0.3) is 5.69 Å². The molecule has 0 spiro atoms. The Morgan fingerprint density at radius 1 is 1.17 bits per heavy atom. The lowest BCUT2D eigenvalue weighted by Gasteiger charge is -2.29. The lowest BCUT2D eigenvalue weighted by molar-refractivity contribution is 0.0697. The van der Waals surface area contributed by atoms with Crippen molar-refractivity contribution in [2.24, 2.45) is 0 Å². The molecule has 0 saturated carbocycles. The van der Waals surface area contributed by atoms with Crippen molar-refractivity contribution in [3.63, 3.8) is 0 Å². The van der Waals surface area contributed by atoms with Crippen molar-refractivity contribution in [3.05, 3.63) is 50.8 Å². The molecule has 1 aromatic heterocycles. The summed E-state index contributed by atoms with van der Waals surface area (Å²) in [4.78, 5) is 43.0. The van der Waals surface area contributed by atoms with Gasteiger partial charge in [0.1, 0.15) is 0 Å². The van der Waals surface area contributed by atoms with Gasteiger partial charge in [-0.1, -0.05) is 6.07 Å². The van der Waals surface area contributed by atoms with Gasteiger partial charge in [-0.15, -0.1) is 0 Å². The number of anilines is 1. The van der Waals surface area contributed by atoms with E-state index in [1.165, 1.54) is 16.7 Å². The number of rotatable bonds is 3. The third-order valence-electron chi connectivity index (χ3n) is 3.81. The van der Waals surface area contributed by atoms with Gasteiger partial charge < -0.3 is 10.0 Å². The zero-order valence-corrected chi connectivity index (χ0v) is 12.4. The number of carbonyl (C=O) groups is 1. The van der Waals surface area contributed by atoms with E-state index in [0.29, 0.717) is 18.8 Å². The maximum atomic E-state index is 12.3. The standard InChI is InChI=1S/C15H16N4O4/c20-12(21)10-5-4-6-11(9-10)19-14(16-13(22)17-15(19)23)18-7-2-1-3-8-18/h4-6,9H,1-3,7-8H2,(H,20,21)(H,17,22,23). The van der Waals surface area contributed by atoms with Crippen LogP contribution in [0.15, 0.2) is 33.9 Å². The molecule has 0 unspecified atom stereocenters. The van der Waals surface area contributed by atoms with Crippen LogP contribution >= 0.6 is 0 Å². The number of benzene rings is 1. The molecule has 0 aliphatic carbocycles. The quantitative estimate of drug-likeness (QED) is 0.859. The van der Waals surface area contributed by atoms with Gasteiger partial charge >= 0.3 is 17.3 Å². The van der Waals surface area contributed by atoms with Gasteiger partial charge in [-0.25, -0.2) is 19.0 Å². The first-order chi connectivity index (χ1) is 11.1. The van der Waals surface area contributed by atoms with E-state index in [4.69, 9.17) is 5.11 Å². The first kappa shape index (κ1) is 15.0. The van der Waals surface area contributed by atoms with Crippen LogP contribution in [0.5, 0.6) is 0 Å². The van der Waals surface area contributed by atoms with Crippen molar-refractivity contribution in [1.82, 2.24) is 14.5 Å². The number of piperidine rings is 1. The second-order valence-electron chi connectivity index (χ2n) is 5.39. The molecular weight excluding hydrogens is 300 g/mol. The second-order valence-corrected chi connectivity index (χ2v) is 5.39. The Morgan fingerprint density at radius 3 is 2.61 bits per heavy atom. The van der Waals surface area contributed by atoms with E-state index in [2.05, 4.69) is 9.97 Å². The van der Waals surface area contributed by atoms with Crippen molar-refractivity contribution >= 4 is 11.9 Å². The molecule has 2 aromatic rings. The highest BCUT2D eigenvalue weighted by Crippen LogP contribution is 2.19. The molecule has 2 heterocycles. The zero-order chi connectivity index (χ0) is 16.4. The smallest absolute Gasteiger partial charge is 0.352 e. The van der Waals surface area contributed by atoms with Crippen molar-refractivity contribution in [3.8, 4) is 5.69 Å². The highest BCUT2D eigenvalue weighted by Gasteiger charge is 2.19. The Balaban J connectivity index is 2.18. The average Bonchev–Trinajstić information content (AvgIpc) is 2.55. The molecule has 8 nitrogen and oxygen atoms in total. The van der Waals surface area contributed by atoms with Crippen LogP contribution in [-0.2, 0) is 0 Å². The topological polar surface area (TPSA) is 108 Å². The predicted molar refractivity (Wildman–Crippen MR) is 83.5 cm³/mol. The van der Waals surface area contributed by atoms with Crippen molar-refractivity contribution in [1.29, 1.82) is 0 Å². The van der Waals surface area contributed by atoms with Gasteiger partial charge in [0, 0.05) is 13.1 Å². The lowest BCUT2D eigenvalue weighted by Crippen LogP contribution is -2.40. The van der Waals surface area contributed by atoms with E-state index in [1.807, 2.05) is 4.90 Å². The third-order valence-corrected chi connectivity index (χ3v) is 3.81. The molecule has 23 heavy (non-hydrogen) atoms. The van der Waals surface area contributed by atoms with E-state index in [-0.39, 0.29) is 11.5 Å². The van der Waals surface area contributed by atoms with E-state index in [9.17, 15) is 14.4 Å². The van der Waals surface area contributed by atoms with Gasteiger partial charge in [0.05, 0.1) is 11.3 Å². The van der Waals surface area contributed by atoms with Gasteiger partial charge in [-0.3, -0.25) is 4.98 Å². The highest BCUT2D eigenvalue weighted by atomic mass is 16.4. The predicted octanol–water partition coefficient (Wildman–Crippen LogP) is 0.609. The Labute approximate surface area is 131 Å². The minimum Gasteiger partial charge on any atom is -0.478 e. The number of H-pyrrole nitrogens is 1. The summed E-state index contributed by atoms with van der Waals surface area (Å²) in [5.74, 6) is -0.835. The molecule has 1 aromatic carbocycles. The summed E-state index contributed by atoms with van der Waals surface area (Å²) in [6, 6.07) is 5.99. The first-order valence-corrected chi connectivity index (χ1v) is 7.38. The monoisotopic (exact) mass is 316 g/mol. The minimum atomic E-state index is -1.09. The molecule has 1 aliphatic heterocycles. The molecule has 0 amide bonds. The zero-order valence-electron chi connectivity index (χ0n) is 12.4. The number of nitrogens with one attached hydrogen (secondary N) is 1. The molecule has 1 saturated heterocycles. The Morgan fingerprint density at radius 2 is 1.91 bits per heavy atom. The average molecular weight is 316 g/mol. The Hall–Kier alpha value is -2.90. The fraction of sp³-hybridized carbons (Fsp3) is 0.333. The summed E-state index contributed by atoms with van der Waals surface area (Å²) >= 11 is 0. The number of aromatic carboxylic acids is 1. The van der Waals surface area contributed by atoms with E-state index < -0.39 is 17.3 Å². The molecule has 0 radical (unpaired) electrons. The fourth-order valence-electron chi connectivity index (χ4n) is 2.72. The van der Waals surface area contributed by atoms with Gasteiger partial charge in [-0.2, -0.15) is 4.98 Å². The molecule has 1 aliphatic rings. The van der Waals surface area contributed by atoms with Crippen LogP contribution in [0, 0.1) is 0 Å². The number of hydrogen-bond acceptors (Lipinski definition) is 5. The Kier molecular flexibility index (Phi) is 3.96. The van der Waals surface area contributed by atoms with Crippen LogP contribution in [-0.4, -0.2) is 38.7 Å². The number of carboxylic acid groups (broad SMARTS) is 1. The van der Waals surface area contributed by atoms with Crippen molar-refractivity contribution in [2.45, 2.75) is 19.3 Å². The van der Waals surface area contributed by atoms with Crippen LogP contribution in [0.2, 0.25) is 0 Å². The SMILES string of the molecule is O=C(O)c1cccc(-n2c(N3CCCCC3)nc(=O)[nH]c2=O)c1. The summed E-state index contributed by atoms with van der Waals surface area (Å²) < 4.78 is 1.25. The molecule has 3 rings (SSSR count). The third kappa shape index (κ3) is 3.01. The molecule has 0 bridgehead atoms. The second kappa shape index (κ2) is 6.07. The van der Waals surface area contributed by atoms with Gasteiger partial charge in [0.25, 0.3) is 0 Å². The molecule has 1 fully saturated rings. The van der Waals surface area contributed by atoms with Crippen molar-refractivity contribution < 1.29 is 9.90 Å². The summed E-state index contributed by atoms with van der Waals surface area (Å²) in [5, 5.41) is 9.12. The summed E-state index contributed by atoms with van der Waals surface area (Å²) in [7, 11) is 0. The highest BCUT2D eigenvalue weighted by molar-refractivity contribution is 5.88. The number of nitrogens with zero attached hydrogens (tertiary/aromatic N) is 3. The van der Waals surface area contributed by atoms with Gasteiger partial charge in [0.2, 0.25) is 5.95 Å². The molecule has 2 N–H and O–H groups in total. The van der Waals surface area contributed by atoms with E-state index >= 15 is 0 Å². The molecule has 8 heteroatoms. The number of aromatic nitrogens is 3. The normalized spacial score (nSPS) is 14.7. The first-order valence-electron chi connectivity index (χ1n) is 7.38. The number of hydrogen-bond donors (Lipinski definition) is 2. The summed E-state index contributed by atoms with van der Waals surface area (Å²) in [6.45, 7) is 1.41. The maximum absolute atomic E-state index is 12.3. The summed E-state index contributed by atoms with van der Waals surface area (Å²) in [6.07, 6.45) is 3.01. The minimum absolute atomic E-state index is 0.0604. The van der Waals surface area contributed by atoms with Crippen LogP contribution in [0.1, 0.15) is 29.6 Å². The van der Waals surface area contributed by atoms with Crippen LogP contribution < -0.4 is 16.3 Å². The van der Waals surface area contributed by atoms with Crippen LogP contribution in [0.4, 0.5) is 5.95 Å². The fourth-order valence-corrected chi connectivity index (χ4v) is 2.72. The van der Waals surface area contributed by atoms with Crippen molar-refractivity contribution in [2.75, 3.05) is 18.0 Å².